The molecule has 2 nitrogen and oxygen atoms in total. The lowest BCUT2D eigenvalue weighted by molar-refractivity contribution is 0.131. The van der Waals surface area contributed by atoms with Gasteiger partial charge in [0.15, 0.2) is 11.6 Å². The fraction of sp³-hybridized carbons (Fsp3) is 0.419. The van der Waals surface area contributed by atoms with E-state index in [9.17, 15) is 13.2 Å². The molecule has 1 aliphatic rings. The summed E-state index contributed by atoms with van der Waals surface area (Å²) in [6, 6.07) is 6.79. The zero-order valence-electron chi connectivity index (χ0n) is 21.5. The highest BCUT2D eigenvalue weighted by molar-refractivity contribution is 5.74. The Hall–Kier alpha value is -2.63. The topological polar surface area (TPSA) is 29.5 Å². The predicted octanol–water partition coefficient (Wildman–Crippen LogP) is 8.11. The van der Waals surface area contributed by atoms with Gasteiger partial charge in [0.05, 0.1) is 13.2 Å². The molecule has 1 atom stereocenters. The van der Waals surface area contributed by atoms with Gasteiger partial charge in [-0.1, -0.05) is 49.4 Å². The largest absolute Gasteiger partial charge is 0.392 e. The van der Waals surface area contributed by atoms with E-state index in [0.29, 0.717) is 42.1 Å². The molecule has 2 aromatic carbocycles. The van der Waals surface area contributed by atoms with Gasteiger partial charge >= 0.3 is 0 Å². The summed E-state index contributed by atoms with van der Waals surface area (Å²) in [6.07, 6.45) is 11.7. The summed E-state index contributed by atoms with van der Waals surface area (Å²) < 4.78 is 49.7. The minimum Gasteiger partial charge on any atom is -0.392 e. The van der Waals surface area contributed by atoms with E-state index in [1.54, 1.807) is 24.3 Å². The van der Waals surface area contributed by atoms with Gasteiger partial charge in [0.2, 0.25) is 0 Å². The van der Waals surface area contributed by atoms with Crippen LogP contribution >= 0.6 is 0 Å². The first-order chi connectivity index (χ1) is 17.4. The van der Waals surface area contributed by atoms with Crippen molar-refractivity contribution in [2.45, 2.75) is 65.9 Å². The Labute approximate surface area is 213 Å². The molecule has 0 aromatic heterocycles. The third-order valence-corrected chi connectivity index (χ3v) is 6.84. The molecule has 5 heteroatoms. The van der Waals surface area contributed by atoms with Gasteiger partial charge in [-0.2, -0.15) is 0 Å². The van der Waals surface area contributed by atoms with Crippen molar-refractivity contribution in [3.8, 4) is 0 Å². The highest BCUT2D eigenvalue weighted by atomic mass is 19.2. The number of aliphatic hydroxyl groups is 1. The first-order valence-electron chi connectivity index (χ1n) is 12.9. The first kappa shape index (κ1) is 27.9. The van der Waals surface area contributed by atoms with Crippen LogP contribution in [0.2, 0.25) is 0 Å². The number of rotatable bonds is 11. The second-order valence-corrected chi connectivity index (χ2v) is 9.36. The highest BCUT2D eigenvalue weighted by Crippen LogP contribution is 2.35. The van der Waals surface area contributed by atoms with E-state index in [0.717, 1.165) is 42.4 Å². The van der Waals surface area contributed by atoms with E-state index in [4.69, 9.17) is 9.84 Å². The van der Waals surface area contributed by atoms with Crippen molar-refractivity contribution >= 4 is 11.1 Å². The molecule has 3 rings (SSSR count). The summed E-state index contributed by atoms with van der Waals surface area (Å²) in [5.74, 6) is -1.50. The Morgan fingerprint density at radius 2 is 1.92 bits per heavy atom. The second kappa shape index (κ2) is 13.6. The van der Waals surface area contributed by atoms with Crippen LogP contribution in [-0.4, -0.2) is 18.3 Å². The van der Waals surface area contributed by atoms with Crippen molar-refractivity contribution in [3.63, 3.8) is 0 Å². The Bertz CT molecular complexity index is 1130. The van der Waals surface area contributed by atoms with Gasteiger partial charge < -0.3 is 9.84 Å². The summed E-state index contributed by atoms with van der Waals surface area (Å²) in [6.45, 7) is 6.48. The van der Waals surface area contributed by atoms with E-state index < -0.39 is 11.6 Å². The molecule has 0 bridgehead atoms. The molecule has 2 aromatic rings. The van der Waals surface area contributed by atoms with Crippen LogP contribution < -0.4 is 0 Å². The summed E-state index contributed by atoms with van der Waals surface area (Å²) in [5, 5.41) is 9.03. The van der Waals surface area contributed by atoms with Crippen LogP contribution in [0.4, 0.5) is 13.2 Å². The summed E-state index contributed by atoms with van der Waals surface area (Å²) in [4.78, 5) is 0. The summed E-state index contributed by atoms with van der Waals surface area (Å²) >= 11 is 0. The molecule has 1 aliphatic carbocycles. The van der Waals surface area contributed by atoms with E-state index in [1.807, 2.05) is 32.9 Å². The molecule has 1 unspecified atom stereocenters. The molecule has 0 fully saturated rings. The third-order valence-electron chi connectivity index (χ3n) is 6.84. The Morgan fingerprint density at radius 3 is 2.58 bits per heavy atom. The van der Waals surface area contributed by atoms with Crippen molar-refractivity contribution in [1.29, 1.82) is 0 Å². The summed E-state index contributed by atoms with van der Waals surface area (Å²) in [7, 11) is 0. The molecule has 0 amide bonds. The van der Waals surface area contributed by atoms with Crippen LogP contribution in [0.15, 0.2) is 48.6 Å². The minimum atomic E-state index is -0.842. The number of ether oxygens (including phenoxy) is 1. The SMILES string of the molecule is CC/C=C(\C=C/CO)c1ccc(CCC2CC=C(c3cc(F)c(COCC)cc3C)CC2)c(F)c1F. The molecule has 0 heterocycles. The quantitative estimate of drug-likeness (QED) is 0.317. The zero-order chi connectivity index (χ0) is 26.1. The van der Waals surface area contributed by atoms with Crippen molar-refractivity contribution < 1.29 is 23.0 Å². The lowest BCUT2D eigenvalue weighted by atomic mass is 9.82. The van der Waals surface area contributed by atoms with E-state index in [1.165, 1.54) is 6.08 Å². The average molecular weight is 499 g/mol. The van der Waals surface area contributed by atoms with Crippen LogP contribution in [0, 0.1) is 30.3 Å². The lowest BCUT2D eigenvalue weighted by Crippen LogP contribution is -2.09. The van der Waals surface area contributed by atoms with Gasteiger partial charge in [-0.05, 0) is 92.2 Å². The number of halogens is 3. The maximum absolute atomic E-state index is 14.9. The number of aryl methyl sites for hydroxylation is 2. The number of benzene rings is 2. The van der Waals surface area contributed by atoms with Crippen LogP contribution in [0.3, 0.4) is 0 Å². The van der Waals surface area contributed by atoms with Crippen molar-refractivity contribution in [3.05, 3.63) is 93.8 Å². The van der Waals surface area contributed by atoms with Gasteiger partial charge in [-0.3, -0.25) is 0 Å². The normalized spacial score (nSPS) is 16.6. The Kier molecular flexibility index (Phi) is 10.6. The fourth-order valence-corrected chi connectivity index (χ4v) is 4.84. The van der Waals surface area contributed by atoms with Crippen LogP contribution in [0.25, 0.3) is 11.1 Å². The molecule has 0 saturated heterocycles. The molecular formula is C31H37F3O2. The minimum absolute atomic E-state index is 0.158. The van der Waals surface area contributed by atoms with Gasteiger partial charge in [-0.15, -0.1) is 0 Å². The molecule has 1 N–H and O–H groups in total. The van der Waals surface area contributed by atoms with Crippen molar-refractivity contribution in [2.24, 2.45) is 5.92 Å². The molecule has 0 radical (unpaired) electrons. The summed E-state index contributed by atoms with van der Waals surface area (Å²) in [5.41, 5.74) is 4.88. The number of allylic oxidation sites excluding steroid dienone is 5. The number of hydrogen-bond acceptors (Lipinski definition) is 2. The van der Waals surface area contributed by atoms with Gasteiger partial charge in [-0.25, -0.2) is 13.2 Å². The fourth-order valence-electron chi connectivity index (χ4n) is 4.84. The second-order valence-electron chi connectivity index (χ2n) is 9.36. The first-order valence-corrected chi connectivity index (χ1v) is 12.9. The lowest BCUT2D eigenvalue weighted by Gasteiger charge is -2.23. The average Bonchev–Trinajstić information content (AvgIpc) is 2.88. The van der Waals surface area contributed by atoms with E-state index >= 15 is 0 Å². The predicted molar refractivity (Wildman–Crippen MR) is 141 cm³/mol. The van der Waals surface area contributed by atoms with Crippen LogP contribution in [0.1, 0.15) is 73.8 Å². The molecule has 0 saturated carbocycles. The molecule has 194 valence electrons. The standard InChI is InChI=1S/C31H37F3O2/c1-4-7-23(8-6-17-35)27-16-15-25(30(33)31(27)34)14-11-22-9-12-24(13-10-22)28-19-29(32)26(18-21(28)3)20-36-5-2/h6-8,12,15-16,18-19,22,35H,4-5,9-11,13-14,17,20H2,1-3H3/b8-6-,23-7+. The third kappa shape index (κ3) is 6.98. The van der Waals surface area contributed by atoms with Gasteiger partial charge in [0.25, 0.3) is 0 Å². The molecule has 0 aliphatic heterocycles. The van der Waals surface area contributed by atoms with Gasteiger partial charge in [0, 0.05) is 17.7 Å². The van der Waals surface area contributed by atoms with Crippen molar-refractivity contribution in [2.75, 3.05) is 13.2 Å². The smallest absolute Gasteiger partial charge is 0.166 e. The Balaban J connectivity index is 1.66. The molecule has 0 spiro atoms. The monoisotopic (exact) mass is 498 g/mol. The van der Waals surface area contributed by atoms with Crippen LogP contribution in [-0.2, 0) is 17.8 Å². The maximum atomic E-state index is 14.9. The van der Waals surface area contributed by atoms with E-state index in [-0.39, 0.29) is 24.6 Å². The van der Waals surface area contributed by atoms with Gasteiger partial charge in [0.1, 0.15) is 5.82 Å². The highest BCUT2D eigenvalue weighted by Gasteiger charge is 2.20. The number of aliphatic hydroxyl groups excluding tert-OH is 1. The Morgan fingerprint density at radius 1 is 1.11 bits per heavy atom. The maximum Gasteiger partial charge on any atom is 0.166 e. The van der Waals surface area contributed by atoms with E-state index in [2.05, 4.69) is 6.08 Å². The molecular weight excluding hydrogens is 461 g/mol. The molecule has 36 heavy (non-hydrogen) atoms. The zero-order valence-corrected chi connectivity index (χ0v) is 21.5. The van der Waals surface area contributed by atoms with Crippen LogP contribution in [0.5, 0.6) is 0 Å². The number of hydrogen-bond donors (Lipinski definition) is 1. The van der Waals surface area contributed by atoms with Crippen molar-refractivity contribution in [1.82, 2.24) is 0 Å².